The van der Waals surface area contributed by atoms with E-state index in [1.807, 2.05) is 0 Å². The van der Waals surface area contributed by atoms with E-state index < -0.39 is 44.0 Å². The maximum absolute atomic E-state index is 13.1. The average Bonchev–Trinajstić information content (AvgIpc) is 2.96. The molecule has 0 aromatic carbocycles. The number of aliphatic hydroxyl groups excluding tert-OH is 1. The molecule has 3 N–H and O–H groups in total. The van der Waals surface area contributed by atoms with Crippen molar-refractivity contribution in [3.05, 3.63) is 27.4 Å². The first-order valence-electron chi connectivity index (χ1n) is 10.0. The molecule has 0 aliphatic carbocycles. The van der Waals surface area contributed by atoms with Crippen molar-refractivity contribution in [1.29, 1.82) is 0 Å². The molecule has 4 atom stereocenters. The van der Waals surface area contributed by atoms with Crippen molar-refractivity contribution in [3.8, 4) is 0 Å². The van der Waals surface area contributed by atoms with Crippen molar-refractivity contribution < 1.29 is 42.7 Å². The van der Waals surface area contributed by atoms with Crippen molar-refractivity contribution in [2.24, 2.45) is 0 Å². The standard InChI is InChI=1S/C18H27N2O10PS3/c1-11(21)33-8-6-27-31(26,28-7-9-34-12(2)22)29-10-13-15(24)18(3,25)16(30-13)20-5-4-14(23)19-17(20)32/h4-5,13,15-16,24-25H,6-10H2,1-3H3,(H,19,23,32)/t13-,15+,16-,18-/m1/s1. The minimum atomic E-state index is -4.16. The van der Waals surface area contributed by atoms with E-state index in [1.54, 1.807) is 0 Å². The average molecular weight is 559 g/mol. The molecular weight excluding hydrogens is 531 g/mol. The first kappa shape index (κ1) is 29.4. The maximum atomic E-state index is 13.1. The maximum Gasteiger partial charge on any atom is 0.474 e. The lowest BCUT2D eigenvalue weighted by atomic mass is 9.96. The Labute approximate surface area is 209 Å². The van der Waals surface area contributed by atoms with Crippen LogP contribution in [0.15, 0.2) is 17.1 Å². The Morgan fingerprint density at radius 1 is 1.24 bits per heavy atom. The Morgan fingerprint density at radius 3 is 2.29 bits per heavy atom. The van der Waals surface area contributed by atoms with Crippen LogP contribution < -0.4 is 5.56 Å². The van der Waals surface area contributed by atoms with Gasteiger partial charge in [0, 0.05) is 37.6 Å². The molecule has 1 saturated heterocycles. The number of hydrogen-bond donors (Lipinski definition) is 3. The summed E-state index contributed by atoms with van der Waals surface area (Å²) in [7, 11) is -4.16. The quantitative estimate of drug-likeness (QED) is 0.193. The predicted molar refractivity (Wildman–Crippen MR) is 128 cm³/mol. The van der Waals surface area contributed by atoms with Gasteiger partial charge in [0.05, 0.1) is 19.8 Å². The lowest BCUT2D eigenvalue weighted by Gasteiger charge is -2.28. The Hall–Kier alpha value is -0.870. The molecule has 2 rings (SSSR count). The number of ether oxygens (including phenoxy) is 1. The Bertz CT molecular complexity index is 1000. The number of phosphoric acid groups is 1. The molecule has 192 valence electrons. The molecule has 0 spiro atoms. The van der Waals surface area contributed by atoms with E-state index in [2.05, 4.69) is 4.98 Å². The van der Waals surface area contributed by atoms with E-state index in [9.17, 15) is 29.2 Å². The van der Waals surface area contributed by atoms with Gasteiger partial charge >= 0.3 is 7.82 Å². The summed E-state index contributed by atoms with van der Waals surface area (Å²) in [5.74, 6) is 0.413. The van der Waals surface area contributed by atoms with Gasteiger partial charge in [0.25, 0.3) is 5.56 Å². The fraction of sp³-hybridized carbons (Fsp3) is 0.667. The van der Waals surface area contributed by atoms with Crippen molar-refractivity contribution in [2.45, 2.75) is 44.8 Å². The van der Waals surface area contributed by atoms with Crippen LogP contribution in [0.1, 0.15) is 27.0 Å². The van der Waals surface area contributed by atoms with E-state index in [-0.39, 0.29) is 39.7 Å². The van der Waals surface area contributed by atoms with Gasteiger partial charge in [-0.3, -0.25) is 37.5 Å². The van der Waals surface area contributed by atoms with Crippen LogP contribution in [-0.4, -0.2) is 79.1 Å². The van der Waals surface area contributed by atoms with Gasteiger partial charge in [0.2, 0.25) is 0 Å². The number of carbonyl (C=O) groups is 2. The lowest BCUT2D eigenvalue weighted by Crippen LogP contribution is -2.44. The van der Waals surface area contributed by atoms with Crippen LogP contribution in [0, 0.1) is 4.77 Å². The van der Waals surface area contributed by atoms with Crippen molar-refractivity contribution in [3.63, 3.8) is 0 Å². The number of hydrogen-bond acceptors (Lipinski definition) is 13. The van der Waals surface area contributed by atoms with Gasteiger partial charge in [-0.1, -0.05) is 23.5 Å². The summed E-state index contributed by atoms with van der Waals surface area (Å²) < 4.78 is 35.9. The number of rotatable bonds is 12. The number of nitrogens with zero attached hydrogens (tertiary/aromatic N) is 1. The third-order valence-electron chi connectivity index (χ3n) is 4.53. The van der Waals surface area contributed by atoms with Gasteiger partial charge in [-0.15, -0.1) is 0 Å². The summed E-state index contributed by atoms with van der Waals surface area (Å²) in [5, 5.41) is 21.2. The highest BCUT2D eigenvalue weighted by Gasteiger charge is 2.53. The van der Waals surface area contributed by atoms with Crippen molar-refractivity contribution in [1.82, 2.24) is 9.55 Å². The monoisotopic (exact) mass is 558 g/mol. The minimum absolute atomic E-state index is 0.0326. The summed E-state index contributed by atoms with van der Waals surface area (Å²) in [6, 6.07) is 1.18. The van der Waals surface area contributed by atoms with Crippen LogP contribution in [0.5, 0.6) is 0 Å². The van der Waals surface area contributed by atoms with Crippen LogP contribution in [-0.2, 0) is 32.5 Å². The van der Waals surface area contributed by atoms with E-state index >= 15 is 0 Å². The topological polar surface area (TPSA) is 166 Å². The molecule has 0 unspecified atom stereocenters. The smallest absolute Gasteiger partial charge is 0.387 e. The van der Waals surface area contributed by atoms with Crippen molar-refractivity contribution >= 4 is 53.8 Å². The zero-order valence-electron chi connectivity index (χ0n) is 18.7. The number of thioether (sulfide) groups is 2. The molecule has 1 aromatic heterocycles. The van der Waals surface area contributed by atoms with E-state index in [0.29, 0.717) is 0 Å². The SMILES string of the molecule is CC(=O)SCCOP(=O)(OCCSC(C)=O)OC[C@H]1O[C@@H](n2ccc(=O)[nH]c2=S)[C@](C)(O)[C@H]1O. The molecule has 1 aromatic rings. The molecule has 0 saturated carbocycles. The summed E-state index contributed by atoms with van der Waals surface area (Å²) in [5.41, 5.74) is -2.28. The van der Waals surface area contributed by atoms with Crippen molar-refractivity contribution in [2.75, 3.05) is 31.3 Å². The second-order valence-electron chi connectivity index (χ2n) is 7.30. The fourth-order valence-corrected chi connectivity index (χ4v) is 5.53. The van der Waals surface area contributed by atoms with E-state index in [1.165, 1.54) is 37.6 Å². The fourth-order valence-electron chi connectivity index (χ4n) is 2.94. The number of nitrogens with one attached hydrogen (secondary N) is 1. The van der Waals surface area contributed by atoms with E-state index in [0.717, 1.165) is 23.5 Å². The van der Waals surface area contributed by atoms with Crippen LogP contribution >= 0.6 is 43.6 Å². The summed E-state index contributed by atoms with van der Waals surface area (Å²) in [6.07, 6.45) is -2.51. The molecule has 12 nitrogen and oxygen atoms in total. The lowest BCUT2D eigenvalue weighted by molar-refractivity contribution is -0.109. The predicted octanol–water partition coefficient (Wildman–Crippen LogP) is 1.63. The Kier molecular flexibility index (Phi) is 11.1. The molecule has 1 fully saturated rings. The number of carbonyl (C=O) groups excluding carboxylic acids is 2. The highest BCUT2D eigenvalue weighted by Crippen LogP contribution is 2.50. The highest BCUT2D eigenvalue weighted by atomic mass is 32.2. The molecule has 2 heterocycles. The van der Waals surface area contributed by atoms with Crippen LogP contribution in [0.2, 0.25) is 0 Å². The third kappa shape index (κ3) is 8.36. The minimum Gasteiger partial charge on any atom is -0.387 e. The zero-order valence-corrected chi connectivity index (χ0v) is 22.0. The molecule has 34 heavy (non-hydrogen) atoms. The molecule has 16 heteroatoms. The highest BCUT2D eigenvalue weighted by molar-refractivity contribution is 8.13. The molecule has 0 radical (unpaired) electrons. The molecule has 1 aliphatic rings. The van der Waals surface area contributed by atoms with Crippen LogP contribution in [0.3, 0.4) is 0 Å². The molecular formula is C18H27N2O10PS3. The first-order valence-corrected chi connectivity index (χ1v) is 13.9. The molecule has 1 aliphatic heterocycles. The normalized spacial score (nSPS) is 24.9. The summed E-state index contributed by atoms with van der Waals surface area (Å²) in [4.78, 5) is 36.0. The third-order valence-corrected chi connectivity index (χ3v) is 7.86. The summed E-state index contributed by atoms with van der Waals surface area (Å²) in [6.45, 7) is 3.35. The first-order chi connectivity index (χ1) is 15.9. The van der Waals surface area contributed by atoms with Crippen LogP contribution in [0.4, 0.5) is 0 Å². The van der Waals surface area contributed by atoms with Gasteiger partial charge in [-0.05, 0) is 19.1 Å². The van der Waals surface area contributed by atoms with Gasteiger partial charge in [0.1, 0.15) is 17.8 Å². The Balaban J connectivity index is 2.08. The number of phosphoric ester groups is 1. The molecule has 0 bridgehead atoms. The van der Waals surface area contributed by atoms with Gasteiger partial charge in [0.15, 0.2) is 21.2 Å². The number of aromatic nitrogens is 2. The second-order valence-corrected chi connectivity index (χ2v) is 11.9. The number of aliphatic hydroxyl groups is 2. The largest absolute Gasteiger partial charge is 0.474 e. The molecule has 0 amide bonds. The number of aromatic amines is 1. The van der Waals surface area contributed by atoms with E-state index in [4.69, 9.17) is 30.5 Å². The summed E-state index contributed by atoms with van der Waals surface area (Å²) >= 11 is 7.04. The Morgan fingerprint density at radius 2 is 1.79 bits per heavy atom. The van der Waals surface area contributed by atoms with Gasteiger partial charge in [-0.25, -0.2) is 4.57 Å². The van der Waals surface area contributed by atoms with Gasteiger partial charge in [-0.2, -0.15) is 0 Å². The second kappa shape index (κ2) is 12.9. The zero-order chi connectivity index (χ0) is 25.5. The van der Waals surface area contributed by atoms with Gasteiger partial charge < -0.3 is 14.9 Å². The van der Waals surface area contributed by atoms with Crippen LogP contribution in [0.25, 0.3) is 0 Å². The number of H-pyrrole nitrogens is 1.